The Bertz CT molecular complexity index is 1210. The molecule has 0 unspecified atom stereocenters. The van der Waals surface area contributed by atoms with Crippen LogP contribution in [0.5, 0.6) is 11.5 Å². The minimum absolute atomic E-state index is 0.147. The molecule has 1 aromatic carbocycles. The summed E-state index contributed by atoms with van der Waals surface area (Å²) in [7, 11) is 3.11. The van der Waals surface area contributed by atoms with E-state index in [9.17, 15) is 9.59 Å². The van der Waals surface area contributed by atoms with Gasteiger partial charge in [-0.25, -0.2) is 10.4 Å². The number of aryl methyl sites for hydroxylation is 1. The molecule has 8 nitrogen and oxygen atoms in total. The molecule has 0 radical (unpaired) electrons. The fourth-order valence-corrected chi connectivity index (χ4v) is 5.12. The topological polar surface area (TPSA) is 94.8 Å². The third-order valence-corrected chi connectivity index (χ3v) is 6.57. The van der Waals surface area contributed by atoms with Crippen LogP contribution in [0.15, 0.2) is 34.4 Å². The molecule has 3 aromatic rings. The van der Waals surface area contributed by atoms with Gasteiger partial charge in [0.2, 0.25) is 0 Å². The minimum Gasteiger partial charge on any atom is -0.493 e. The Hall–Kier alpha value is -3.20. The maximum atomic E-state index is 13.0. The zero-order chi connectivity index (χ0) is 22.0. The van der Waals surface area contributed by atoms with Crippen LogP contribution in [0.4, 0.5) is 0 Å². The number of hydrazone groups is 1. The van der Waals surface area contributed by atoms with E-state index >= 15 is 0 Å². The van der Waals surface area contributed by atoms with E-state index in [1.54, 1.807) is 43.8 Å². The van der Waals surface area contributed by atoms with Gasteiger partial charge in [-0.15, -0.1) is 11.3 Å². The summed E-state index contributed by atoms with van der Waals surface area (Å²) in [6.45, 7) is 2.08. The molecule has 1 N–H and O–H groups in total. The molecule has 1 amide bonds. The number of hydrogen-bond donors (Lipinski definition) is 1. The fourth-order valence-electron chi connectivity index (χ4n) is 3.78. The quantitative estimate of drug-likeness (QED) is 0.470. The number of hydrogen-bond acceptors (Lipinski definition) is 7. The lowest BCUT2D eigenvalue weighted by Gasteiger charge is -2.17. The molecule has 0 fully saturated rings. The van der Waals surface area contributed by atoms with Crippen LogP contribution in [0.2, 0.25) is 0 Å². The zero-order valence-electron chi connectivity index (χ0n) is 17.7. The smallest absolute Gasteiger partial charge is 0.262 e. The van der Waals surface area contributed by atoms with Crippen LogP contribution in [0.25, 0.3) is 10.2 Å². The van der Waals surface area contributed by atoms with Crippen LogP contribution in [0, 0.1) is 5.92 Å². The summed E-state index contributed by atoms with van der Waals surface area (Å²) >= 11 is 1.59. The van der Waals surface area contributed by atoms with Crippen LogP contribution in [0.3, 0.4) is 0 Å². The summed E-state index contributed by atoms with van der Waals surface area (Å²) in [6.07, 6.45) is 5.88. The zero-order valence-corrected chi connectivity index (χ0v) is 18.5. The molecule has 31 heavy (non-hydrogen) atoms. The van der Waals surface area contributed by atoms with E-state index < -0.39 is 5.91 Å². The average Bonchev–Trinajstić information content (AvgIpc) is 3.13. The predicted octanol–water partition coefficient (Wildman–Crippen LogP) is 2.75. The van der Waals surface area contributed by atoms with Gasteiger partial charge in [0.25, 0.3) is 11.5 Å². The van der Waals surface area contributed by atoms with Gasteiger partial charge in [0.05, 0.1) is 32.1 Å². The lowest BCUT2D eigenvalue weighted by atomic mass is 9.89. The number of nitrogens with zero attached hydrogens (tertiary/aromatic N) is 3. The number of rotatable bonds is 6. The average molecular weight is 441 g/mol. The van der Waals surface area contributed by atoms with Gasteiger partial charge >= 0.3 is 0 Å². The molecule has 0 saturated heterocycles. The Labute approximate surface area is 183 Å². The van der Waals surface area contributed by atoms with Gasteiger partial charge < -0.3 is 9.47 Å². The number of benzene rings is 1. The first-order chi connectivity index (χ1) is 15.0. The van der Waals surface area contributed by atoms with Crippen molar-refractivity contribution in [1.82, 2.24) is 15.0 Å². The van der Waals surface area contributed by atoms with Gasteiger partial charge in [-0.05, 0) is 54.5 Å². The highest BCUT2D eigenvalue weighted by atomic mass is 32.1. The summed E-state index contributed by atoms with van der Waals surface area (Å²) in [6, 6.07) is 5.29. The molecule has 2 heterocycles. The van der Waals surface area contributed by atoms with Gasteiger partial charge in [0.1, 0.15) is 11.4 Å². The highest BCUT2D eigenvalue weighted by Crippen LogP contribution is 2.35. The van der Waals surface area contributed by atoms with Crippen molar-refractivity contribution in [1.29, 1.82) is 0 Å². The van der Waals surface area contributed by atoms with E-state index in [1.807, 2.05) is 0 Å². The molecule has 2 aromatic heterocycles. The lowest BCUT2D eigenvalue weighted by molar-refractivity contribution is -0.121. The van der Waals surface area contributed by atoms with E-state index in [4.69, 9.17) is 9.47 Å². The van der Waals surface area contributed by atoms with Gasteiger partial charge in [-0.2, -0.15) is 5.10 Å². The van der Waals surface area contributed by atoms with E-state index in [0.717, 1.165) is 35.2 Å². The number of thiophene rings is 1. The third kappa shape index (κ3) is 4.32. The molecule has 0 spiro atoms. The number of methoxy groups -OCH3 is 2. The van der Waals surface area contributed by atoms with Crippen LogP contribution < -0.4 is 20.5 Å². The molecule has 0 aliphatic heterocycles. The summed E-state index contributed by atoms with van der Waals surface area (Å²) in [5.41, 5.74) is 4.13. The molecular weight excluding hydrogens is 416 g/mol. The number of fused-ring (bicyclic) bond motifs is 3. The number of nitrogens with one attached hydrogen (secondary N) is 1. The van der Waals surface area contributed by atoms with Gasteiger partial charge in [-0.1, -0.05) is 6.92 Å². The Balaban J connectivity index is 1.47. The molecule has 162 valence electrons. The van der Waals surface area contributed by atoms with Crippen molar-refractivity contribution in [2.45, 2.75) is 32.7 Å². The summed E-state index contributed by atoms with van der Waals surface area (Å²) in [5.74, 6) is 1.39. The molecule has 1 aliphatic rings. The van der Waals surface area contributed by atoms with Crippen molar-refractivity contribution >= 4 is 33.7 Å². The highest BCUT2D eigenvalue weighted by Gasteiger charge is 2.23. The van der Waals surface area contributed by atoms with Gasteiger partial charge in [0, 0.05) is 4.88 Å². The first kappa shape index (κ1) is 21.0. The monoisotopic (exact) mass is 440 g/mol. The Morgan fingerprint density at radius 3 is 2.94 bits per heavy atom. The Morgan fingerprint density at radius 1 is 1.35 bits per heavy atom. The molecule has 1 atom stereocenters. The first-order valence-electron chi connectivity index (χ1n) is 10.0. The normalized spacial score (nSPS) is 15.8. The minimum atomic E-state index is -0.405. The van der Waals surface area contributed by atoms with Crippen molar-refractivity contribution in [3.8, 4) is 11.5 Å². The number of aromatic nitrogens is 2. The Kier molecular flexibility index (Phi) is 6.03. The molecule has 4 rings (SSSR count). The third-order valence-electron chi connectivity index (χ3n) is 5.41. The van der Waals surface area contributed by atoms with E-state index in [0.29, 0.717) is 22.8 Å². The van der Waals surface area contributed by atoms with E-state index in [-0.39, 0.29) is 12.1 Å². The van der Waals surface area contributed by atoms with Crippen LogP contribution >= 0.6 is 11.3 Å². The molecular formula is C22H24N4O4S. The van der Waals surface area contributed by atoms with Crippen LogP contribution in [-0.4, -0.2) is 35.9 Å². The number of ether oxygens (including phenoxy) is 2. The first-order valence-corrected chi connectivity index (χ1v) is 10.9. The summed E-state index contributed by atoms with van der Waals surface area (Å²) in [5, 5.41) is 4.64. The number of carbonyl (C=O) groups is 1. The number of amides is 1. The fraction of sp³-hybridized carbons (Fsp3) is 0.364. The molecule has 1 aliphatic carbocycles. The predicted molar refractivity (Wildman–Crippen MR) is 120 cm³/mol. The maximum absolute atomic E-state index is 13.0. The SMILES string of the molecule is COc1ccc(/C=N\NC(=O)Cn2cnc3sc4c(c3c2=O)CC[C@H](C)C4)cc1OC. The second-order valence-electron chi connectivity index (χ2n) is 7.62. The van der Waals surface area contributed by atoms with Gasteiger partial charge in [0.15, 0.2) is 11.5 Å². The Morgan fingerprint density at radius 2 is 2.16 bits per heavy atom. The standard InChI is InChI=1S/C22H24N4O4S/c1-13-4-6-15-18(8-13)31-21-20(15)22(28)26(12-23-21)11-19(27)25-24-10-14-5-7-16(29-2)17(9-14)30-3/h5,7,9-10,12-13H,4,6,8,11H2,1-3H3,(H,25,27)/b24-10-/t13-/m0/s1. The second kappa shape index (κ2) is 8.89. The van der Waals surface area contributed by atoms with Crippen molar-refractivity contribution in [3.05, 3.63) is 50.9 Å². The van der Waals surface area contributed by atoms with Crippen molar-refractivity contribution < 1.29 is 14.3 Å². The van der Waals surface area contributed by atoms with Crippen LogP contribution in [-0.2, 0) is 24.2 Å². The number of carbonyl (C=O) groups excluding carboxylic acids is 1. The van der Waals surface area contributed by atoms with Crippen molar-refractivity contribution in [2.75, 3.05) is 14.2 Å². The maximum Gasteiger partial charge on any atom is 0.262 e. The van der Waals surface area contributed by atoms with Crippen molar-refractivity contribution in [3.63, 3.8) is 0 Å². The van der Waals surface area contributed by atoms with Gasteiger partial charge in [-0.3, -0.25) is 14.2 Å². The molecule has 0 bridgehead atoms. The van der Waals surface area contributed by atoms with Crippen LogP contribution in [0.1, 0.15) is 29.3 Å². The summed E-state index contributed by atoms with van der Waals surface area (Å²) < 4.78 is 11.8. The van der Waals surface area contributed by atoms with E-state index in [2.05, 4.69) is 22.4 Å². The van der Waals surface area contributed by atoms with Crippen molar-refractivity contribution in [2.24, 2.45) is 11.0 Å². The highest BCUT2D eigenvalue weighted by molar-refractivity contribution is 7.18. The largest absolute Gasteiger partial charge is 0.493 e. The second-order valence-corrected chi connectivity index (χ2v) is 8.70. The molecule has 9 heteroatoms. The summed E-state index contributed by atoms with van der Waals surface area (Å²) in [4.78, 5) is 31.8. The van der Waals surface area contributed by atoms with E-state index in [1.165, 1.54) is 22.0 Å². The molecule has 0 saturated carbocycles. The lowest BCUT2D eigenvalue weighted by Crippen LogP contribution is -2.30.